The van der Waals surface area contributed by atoms with Gasteiger partial charge in [0.2, 0.25) is 0 Å². The summed E-state index contributed by atoms with van der Waals surface area (Å²) in [5, 5.41) is 17.6. The second-order valence-electron chi connectivity index (χ2n) is 8.93. The maximum atomic E-state index is 12.4. The molecule has 5 rings (SSSR count). The van der Waals surface area contributed by atoms with Crippen molar-refractivity contribution in [2.45, 2.75) is 44.7 Å². The summed E-state index contributed by atoms with van der Waals surface area (Å²) in [5.74, 6) is 0.939. The topological polar surface area (TPSA) is 86.4 Å². The summed E-state index contributed by atoms with van der Waals surface area (Å²) in [7, 11) is 3.68. The Morgan fingerprint density at radius 3 is 2.84 bits per heavy atom. The number of fused-ring (bicyclic) bond motifs is 2. The minimum Gasteiger partial charge on any atom is -0.381 e. The summed E-state index contributed by atoms with van der Waals surface area (Å²) >= 11 is 0. The van der Waals surface area contributed by atoms with Crippen LogP contribution in [0.2, 0.25) is 0 Å². The Hall–Kier alpha value is -2.99. The highest BCUT2D eigenvalue weighted by Gasteiger charge is 2.33. The number of hydrogen-bond donors (Lipinski definition) is 1. The number of urea groups is 1. The van der Waals surface area contributed by atoms with Crippen LogP contribution >= 0.6 is 0 Å². The number of aryl methyl sites for hydroxylation is 1. The number of hydrogen-bond acceptors (Lipinski definition) is 5. The van der Waals surface area contributed by atoms with Crippen molar-refractivity contribution < 1.29 is 9.53 Å². The summed E-state index contributed by atoms with van der Waals surface area (Å²) in [4.78, 5) is 16.6. The van der Waals surface area contributed by atoms with Crippen molar-refractivity contribution in [1.82, 2.24) is 20.0 Å². The van der Waals surface area contributed by atoms with Gasteiger partial charge in [0, 0.05) is 62.3 Å². The molecule has 1 aromatic heterocycles. The zero-order chi connectivity index (χ0) is 22.2. The van der Waals surface area contributed by atoms with Crippen LogP contribution in [0.5, 0.6) is 0 Å². The number of rotatable bonds is 2. The van der Waals surface area contributed by atoms with E-state index in [-0.39, 0.29) is 6.03 Å². The Labute approximate surface area is 189 Å². The first kappa shape index (κ1) is 20.9. The molecule has 3 aliphatic heterocycles. The molecular formula is C23H29BN6O2. The Kier molecular flexibility index (Phi) is 5.56. The smallest absolute Gasteiger partial charge is 0.317 e. The van der Waals surface area contributed by atoms with Crippen LogP contribution in [0.15, 0.2) is 12.1 Å². The summed E-state index contributed by atoms with van der Waals surface area (Å²) in [6.45, 7) is 3.62. The fraction of sp³-hybridized carbons (Fsp3) is 0.522. The molecule has 0 aliphatic carbocycles. The van der Waals surface area contributed by atoms with E-state index in [1.807, 2.05) is 18.8 Å². The van der Waals surface area contributed by atoms with E-state index in [0.717, 1.165) is 74.4 Å². The number of carbonyl (C=O) groups is 1. The fourth-order valence-electron chi connectivity index (χ4n) is 5.30. The normalized spacial score (nSPS) is 18.6. The van der Waals surface area contributed by atoms with E-state index in [1.54, 1.807) is 7.05 Å². The van der Waals surface area contributed by atoms with Gasteiger partial charge in [0.25, 0.3) is 0 Å². The van der Waals surface area contributed by atoms with E-state index in [1.165, 1.54) is 11.3 Å². The molecule has 2 amide bonds. The van der Waals surface area contributed by atoms with Gasteiger partial charge in [-0.2, -0.15) is 10.4 Å². The molecule has 0 unspecified atom stereocenters. The van der Waals surface area contributed by atoms with Crippen molar-refractivity contribution >= 4 is 30.8 Å². The van der Waals surface area contributed by atoms with E-state index in [0.29, 0.717) is 24.7 Å². The third-order valence-electron chi connectivity index (χ3n) is 7.02. The second kappa shape index (κ2) is 8.51. The highest BCUT2D eigenvalue weighted by atomic mass is 16.5. The van der Waals surface area contributed by atoms with Crippen molar-refractivity contribution in [3.63, 3.8) is 0 Å². The Morgan fingerprint density at radius 2 is 2.09 bits per heavy atom. The molecule has 8 nitrogen and oxygen atoms in total. The Morgan fingerprint density at radius 1 is 1.28 bits per heavy atom. The van der Waals surface area contributed by atoms with Crippen molar-refractivity contribution in [3.8, 4) is 6.07 Å². The molecule has 1 N–H and O–H groups in total. The molecule has 32 heavy (non-hydrogen) atoms. The van der Waals surface area contributed by atoms with Gasteiger partial charge in [-0.15, -0.1) is 0 Å². The number of nitriles is 1. The number of aromatic nitrogens is 2. The van der Waals surface area contributed by atoms with Gasteiger partial charge in [-0.05, 0) is 37.3 Å². The zero-order valence-corrected chi connectivity index (χ0v) is 18.9. The third-order valence-corrected chi connectivity index (χ3v) is 7.02. The molecule has 0 saturated carbocycles. The number of nitrogens with one attached hydrogen (secondary N) is 1. The summed E-state index contributed by atoms with van der Waals surface area (Å²) in [5.41, 5.74) is 6.45. The molecule has 0 bridgehead atoms. The second-order valence-corrected chi connectivity index (χ2v) is 8.93. The van der Waals surface area contributed by atoms with Crippen LogP contribution in [0.25, 0.3) is 0 Å². The van der Waals surface area contributed by atoms with Gasteiger partial charge >= 0.3 is 6.03 Å². The standard InChI is InChI=1S/C23H29BN6O2/c1-26-23(31)28-8-4-20-18(14-28)22(27-30(20)17-5-9-32-10-6-17)29-7-2-3-15-11-19(24)16(13-25)12-21(15)29/h11-12,17H,2-10,14,24H2,1H3,(H,26,31). The Balaban J connectivity index is 1.61. The molecule has 9 heteroatoms. The highest BCUT2D eigenvalue weighted by molar-refractivity contribution is 6.34. The molecule has 1 fully saturated rings. The number of ether oxygens (including phenoxy) is 1. The van der Waals surface area contributed by atoms with E-state index >= 15 is 0 Å². The number of anilines is 2. The van der Waals surface area contributed by atoms with E-state index in [2.05, 4.69) is 27.0 Å². The predicted molar refractivity (Wildman–Crippen MR) is 125 cm³/mol. The van der Waals surface area contributed by atoms with Gasteiger partial charge in [0.15, 0.2) is 5.82 Å². The van der Waals surface area contributed by atoms with E-state index in [9.17, 15) is 10.1 Å². The molecule has 2 aromatic rings. The first-order valence-electron chi connectivity index (χ1n) is 11.6. The maximum Gasteiger partial charge on any atom is 0.317 e. The number of nitrogens with zero attached hydrogens (tertiary/aromatic N) is 5. The summed E-state index contributed by atoms with van der Waals surface area (Å²) in [6, 6.07) is 6.78. The summed E-state index contributed by atoms with van der Waals surface area (Å²) < 4.78 is 7.82. The van der Waals surface area contributed by atoms with Crippen molar-refractivity contribution in [2.24, 2.45) is 0 Å². The molecule has 4 heterocycles. The average Bonchev–Trinajstić information content (AvgIpc) is 3.22. The molecule has 1 saturated heterocycles. The van der Waals surface area contributed by atoms with Crippen LogP contribution in [0, 0.1) is 11.3 Å². The molecule has 3 aliphatic rings. The molecule has 0 radical (unpaired) electrons. The monoisotopic (exact) mass is 432 g/mol. The molecule has 0 atom stereocenters. The van der Waals surface area contributed by atoms with Gasteiger partial charge < -0.3 is 19.9 Å². The van der Waals surface area contributed by atoms with Crippen molar-refractivity contribution in [1.29, 1.82) is 5.26 Å². The van der Waals surface area contributed by atoms with Gasteiger partial charge in [-0.3, -0.25) is 4.68 Å². The lowest BCUT2D eigenvalue weighted by molar-refractivity contribution is 0.0651. The minimum atomic E-state index is -0.0538. The average molecular weight is 432 g/mol. The lowest BCUT2D eigenvalue weighted by Gasteiger charge is -2.33. The quantitative estimate of drug-likeness (QED) is 0.720. The van der Waals surface area contributed by atoms with Crippen LogP contribution in [-0.4, -0.2) is 61.9 Å². The lowest BCUT2D eigenvalue weighted by Crippen LogP contribution is -2.42. The van der Waals surface area contributed by atoms with Gasteiger partial charge in [-0.1, -0.05) is 11.5 Å². The molecular weight excluding hydrogens is 403 g/mol. The SMILES string of the molecule is Bc1cc2c(cc1C#N)N(c1nn(C3CCOCC3)c3c1CN(C(=O)NC)CC3)CCC2. The highest BCUT2D eigenvalue weighted by Crippen LogP contribution is 2.39. The number of amides is 2. The van der Waals surface area contributed by atoms with Crippen molar-refractivity contribution in [2.75, 3.05) is 38.3 Å². The van der Waals surface area contributed by atoms with Crippen LogP contribution in [-0.2, 0) is 24.1 Å². The van der Waals surface area contributed by atoms with Crippen LogP contribution < -0.4 is 15.7 Å². The first-order valence-corrected chi connectivity index (χ1v) is 11.6. The predicted octanol–water partition coefficient (Wildman–Crippen LogP) is 1.15. The van der Waals surface area contributed by atoms with Crippen molar-refractivity contribution in [3.05, 3.63) is 34.5 Å². The fourth-order valence-corrected chi connectivity index (χ4v) is 5.30. The van der Waals surface area contributed by atoms with Gasteiger partial charge in [0.05, 0.1) is 18.7 Å². The lowest BCUT2D eigenvalue weighted by atomic mass is 9.86. The third kappa shape index (κ3) is 3.53. The number of carbonyl (C=O) groups excluding carboxylic acids is 1. The van der Waals surface area contributed by atoms with Crippen LogP contribution in [0.1, 0.15) is 47.7 Å². The van der Waals surface area contributed by atoms with E-state index in [4.69, 9.17) is 9.84 Å². The maximum absolute atomic E-state index is 12.4. The van der Waals surface area contributed by atoms with Gasteiger partial charge in [-0.25, -0.2) is 4.79 Å². The molecule has 166 valence electrons. The Bertz CT molecular complexity index is 1090. The largest absolute Gasteiger partial charge is 0.381 e. The van der Waals surface area contributed by atoms with Crippen LogP contribution in [0.4, 0.5) is 16.3 Å². The van der Waals surface area contributed by atoms with Gasteiger partial charge in [0.1, 0.15) is 7.85 Å². The minimum absolute atomic E-state index is 0.0538. The first-order chi connectivity index (χ1) is 15.6. The summed E-state index contributed by atoms with van der Waals surface area (Å²) in [6.07, 6.45) is 4.76. The molecule has 0 spiro atoms. The number of benzene rings is 1. The zero-order valence-electron chi connectivity index (χ0n) is 18.9. The van der Waals surface area contributed by atoms with E-state index < -0.39 is 0 Å². The molecule has 1 aromatic carbocycles. The van der Waals surface area contributed by atoms with Crippen LogP contribution in [0.3, 0.4) is 0 Å².